The van der Waals surface area contributed by atoms with Crippen LogP contribution in [0.25, 0.3) is 0 Å². The molecule has 0 saturated heterocycles. The van der Waals surface area contributed by atoms with Crippen LogP contribution in [-0.4, -0.2) is 75.8 Å². The number of phenolic OH excluding ortho intramolecular Hbond substituents is 1. The quantitative estimate of drug-likeness (QED) is 0.0195. The average molecular weight is 1970 g/mol. The number of phenols is 1. The molecule has 0 unspecified atom stereocenters. The third kappa shape index (κ3) is 40.9. The zero-order valence-electron chi connectivity index (χ0n) is 79.1. The van der Waals surface area contributed by atoms with Crippen molar-refractivity contribution < 1.29 is 77.9 Å². The molecule has 0 saturated carbocycles. The number of aliphatic hydroxyl groups is 2. The Morgan fingerprint density at radius 1 is 0.282 bits per heavy atom. The minimum atomic E-state index is -0.860. The highest BCUT2D eigenvalue weighted by Gasteiger charge is 2.32. The molecule has 16 nitrogen and oxygen atoms in total. The van der Waals surface area contributed by atoms with Gasteiger partial charge in [-0.2, -0.15) is 0 Å². The first-order chi connectivity index (χ1) is 61.9. The Morgan fingerprint density at radius 2 is 0.496 bits per heavy atom. The minimum absolute atomic E-state index is 0.144. The smallest absolute Gasteiger partial charge is 0.311 e. The van der Waals surface area contributed by atoms with E-state index in [9.17, 15) is 39.6 Å². The molecule has 696 valence electrons. The maximum Gasteiger partial charge on any atom is 0.311 e. The monoisotopic (exact) mass is 1970 g/mol. The van der Waals surface area contributed by atoms with Gasteiger partial charge in [0.1, 0.15) is 63.2 Å². The molecule has 0 aromatic heterocycles. The number of carbonyl (C=O) groups is 4. The normalized spacial score (nSPS) is 11.1. The van der Waals surface area contributed by atoms with Crippen LogP contribution in [0.2, 0.25) is 0 Å². The molecular weight excluding hydrogens is 1840 g/mol. The number of ether oxygens (including phenoxy) is 7. The number of carboxylic acids is 2. The molecule has 131 heavy (non-hydrogen) atoms. The third-order valence-electron chi connectivity index (χ3n) is 20.3. The first-order valence-corrected chi connectivity index (χ1v) is 46.8. The Bertz CT molecular complexity index is 5210. The molecule has 0 fully saturated rings. The molecule has 19 heteroatoms. The predicted octanol–water partition coefficient (Wildman–Crippen LogP) is 29.0. The summed E-state index contributed by atoms with van der Waals surface area (Å²) in [4.78, 5) is 47.1. The summed E-state index contributed by atoms with van der Waals surface area (Å²) >= 11 is 10.2. The van der Waals surface area contributed by atoms with Crippen LogP contribution in [-0.2, 0) is 77.8 Å². The molecule has 0 aliphatic rings. The second-order valence-corrected chi connectivity index (χ2v) is 38.6. The van der Waals surface area contributed by atoms with Gasteiger partial charge in [0.05, 0.1) is 34.9 Å². The fraction of sp³-hybridized carbons (Fsp3) is 0.321. The van der Waals surface area contributed by atoms with E-state index in [1.54, 1.807) is 39.8 Å². The maximum absolute atomic E-state index is 12.2. The Kier molecular flexibility index (Phi) is 44.1. The number of carbonyl (C=O) groups excluding carboxylic acids is 2. The lowest BCUT2D eigenvalue weighted by Crippen LogP contribution is -2.29. The van der Waals surface area contributed by atoms with Gasteiger partial charge < -0.3 is 58.7 Å². The number of aliphatic hydroxyl groups excluding tert-OH is 2. The summed E-state index contributed by atoms with van der Waals surface area (Å²) in [7, 11) is 0. The number of halogens is 3. The van der Waals surface area contributed by atoms with Crippen LogP contribution in [0.4, 0.5) is 0 Å². The van der Waals surface area contributed by atoms with Gasteiger partial charge in [0.2, 0.25) is 0 Å². The van der Waals surface area contributed by atoms with E-state index in [4.69, 9.17) is 38.3 Å². The SMILES string of the molecule is BrCc1cccc(Oc2cccc(CBr)c2)c1.CC(C)(CO)Cc1cccc(Oc2cccc(CC(C)(C)CO)c2)c1.CC(C)(Cc1cccc(Oc2cccc(CC(C)(C)C(=O)O)c2)c1)C(=O)O.CCOC(=O)C(C)(C)Cc1cccc(Oc2cccc(CC(C)(C)C(=O)OCC)c2)c1.Cc1cccc(Br)c1.Cc1cccc(O)c1.Cc1cccc(Oc2cccc(C)c2)c1. The van der Waals surface area contributed by atoms with Gasteiger partial charge in [0, 0.05) is 28.3 Å². The van der Waals surface area contributed by atoms with Crippen molar-refractivity contribution in [2.24, 2.45) is 32.5 Å². The van der Waals surface area contributed by atoms with Crippen LogP contribution in [0.3, 0.4) is 0 Å². The van der Waals surface area contributed by atoms with E-state index in [0.717, 1.165) is 101 Å². The molecule has 0 aliphatic heterocycles. The van der Waals surface area contributed by atoms with E-state index in [1.807, 2.05) is 307 Å². The van der Waals surface area contributed by atoms with Crippen molar-refractivity contribution >= 4 is 71.7 Å². The fourth-order valence-corrected chi connectivity index (χ4v) is 14.4. The number of aromatic hydroxyl groups is 1. The van der Waals surface area contributed by atoms with Crippen molar-refractivity contribution in [2.45, 2.75) is 174 Å². The van der Waals surface area contributed by atoms with E-state index < -0.39 is 33.6 Å². The van der Waals surface area contributed by atoms with Gasteiger partial charge >= 0.3 is 23.9 Å². The van der Waals surface area contributed by atoms with Crippen molar-refractivity contribution in [3.63, 3.8) is 0 Å². The van der Waals surface area contributed by atoms with E-state index >= 15 is 0 Å². The summed E-state index contributed by atoms with van der Waals surface area (Å²) in [6, 6.07) is 93.8. The van der Waals surface area contributed by atoms with E-state index in [-0.39, 0.29) is 36.0 Å². The van der Waals surface area contributed by atoms with Gasteiger partial charge in [0.25, 0.3) is 0 Å². The zero-order valence-corrected chi connectivity index (χ0v) is 83.8. The highest BCUT2D eigenvalue weighted by molar-refractivity contribution is 9.10. The first-order valence-electron chi connectivity index (χ1n) is 43.8. The van der Waals surface area contributed by atoms with Gasteiger partial charge in [-0.25, -0.2) is 0 Å². The Morgan fingerprint density at radius 3 is 0.702 bits per heavy atom. The summed E-state index contributed by atoms with van der Waals surface area (Å²) in [5, 5.41) is 48.0. The number of benzene rings is 12. The first kappa shape index (κ1) is 108. The number of aryl methyl sites for hydroxylation is 4. The van der Waals surface area contributed by atoms with Crippen LogP contribution < -0.4 is 23.7 Å². The zero-order chi connectivity index (χ0) is 96.5. The summed E-state index contributed by atoms with van der Waals surface area (Å²) in [5.41, 5.74) is 10.0. The number of esters is 2. The number of hydrogen-bond donors (Lipinski definition) is 5. The van der Waals surface area contributed by atoms with Crippen LogP contribution in [0.5, 0.6) is 63.2 Å². The topological polar surface area (TPSA) is 234 Å². The van der Waals surface area contributed by atoms with Crippen LogP contribution in [0, 0.1) is 60.2 Å². The molecular formula is C112H131Br3O16. The average Bonchev–Trinajstić information content (AvgIpc) is 0.842. The Labute approximate surface area is 802 Å². The molecule has 12 aromatic rings. The molecule has 0 atom stereocenters. The van der Waals surface area contributed by atoms with E-state index in [0.29, 0.717) is 67.6 Å². The van der Waals surface area contributed by atoms with Crippen LogP contribution >= 0.6 is 47.8 Å². The van der Waals surface area contributed by atoms with Gasteiger partial charge in [-0.1, -0.05) is 227 Å². The van der Waals surface area contributed by atoms with Crippen LogP contribution in [0.15, 0.2) is 296 Å². The summed E-state index contributed by atoms with van der Waals surface area (Å²) in [6.45, 7) is 35.3. The molecule has 5 N–H and O–H groups in total. The second-order valence-electron chi connectivity index (χ2n) is 36.5. The Balaban J connectivity index is 0.000000245. The molecule has 12 rings (SSSR count). The van der Waals surface area contributed by atoms with Crippen molar-refractivity contribution in [3.8, 4) is 63.2 Å². The van der Waals surface area contributed by atoms with Crippen molar-refractivity contribution in [1.29, 1.82) is 0 Å². The summed E-state index contributed by atoms with van der Waals surface area (Å²) in [6.07, 6.45) is 3.49. The summed E-state index contributed by atoms with van der Waals surface area (Å²) in [5.74, 6) is 5.95. The second kappa shape index (κ2) is 53.3. The van der Waals surface area contributed by atoms with Gasteiger partial charge in [-0.3, -0.25) is 19.2 Å². The lowest BCUT2D eigenvalue weighted by atomic mass is 9.85. The van der Waals surface area contributed by atoms with Gasteiger partial charge in [-0.15, -0.1) is 0 Å². The number of aliphatic carboxylic acids is 2. The third-order valence-corrected chi connectivity index (χ3v) is 22.0. The predicted molar refractivity (Wildman–Crippen MR) is 539 cm³/mol. The minimum Gasteiger partial charge on any atom is -0.508 e. The van der Waals surface area contributed by atoms with Gasteiger partial charge in [-0.05, 0) is 353 Å². The number of hydrogen-bond acceptors (Lipinski definition) is 14. The molecule has 0 aliphatic carbocycles. The molecule has 0 heterocycles. The number of alkyl halides is 2. The van der Waals surface area contributed by atoms with Gasteiger partial charge in [0.15, 0.2) is 0 Å². The largest absolute Gasteiger partial charge is 0.508 e. The van der Waals surface area contributed by atoms with Crippen LogP contribution in [0.1, 0.15) is 164 Å². The highest BCUT2D eigenvalue weighted by Crippen LogP contribution is 2.36. The molecule has 0 amide bonds. The number of carboxylic acid groups (broad SMARTS) is 2. The van der Waals surface area contributed by atoms with E-state index in [1.165, 1.54) is 27.8 Å². The standard InChI is InChI=1S/C26H34O5.C22H26O5.C22H30O3.C14H12Br2O.C14H14O.C7H7Br.C7H8O/c1-7-29-23(27)25(3,4)17-19-11-9-13-21(15-19)31-22-14-10-12-20(16-22)18-26(5,6)24(28)30-8-2;1-21(2,19(23)24)13-15-7-5-9-17(11-15)27-18-10-6-8-16(12-18)14-22(3,4)20(25)26;1-21(2,15-23)13-17-7-5-9-19(11-17)25-20-10-6-8-18(12-20)14-22(3,4)16-24;15-9-11-3-1-5-13(7-11)17-14-6-2-4-12(8-14)10-16;1-11-5-3-7-13(9-11)15-14-8-4-6-12(2)10-14;2*1-6-3-2-4-7(8)5-6/h9-16H,7-8,17-18H2,1-6H3;5-12H,13-14H2,1-4H3,(H,23,24)(H,25,26);5-12,23-24H,13-16H2,1-4H3;1-8H,9-10H2;3-10H,1-2H3;2-5H,1H3;2-5,8H,1H3. The lowest BCUT2D eigenvalue weighted by molar-refractivity contribution is -0.154. The van der Waals surface area contributed by atoms with Crippen molar-refractivity contribution in [3.05, 3.63) is 362 Å². The molecule has 0 spiro atoms. The fourth-order valence-electron chi connectivity index (χ4n) is 13.2. The Hall–Kier alpha value is -11.3. The van der Waals surface area contributed by atoms with E-state index in [2.05, 4.69) is 117 Å². The highest BCUT2D eigenvalue weighted by atomic mass is 79.9. The molecule has 0 radical (unpaired) electrons. The summed E-state index contributed by atoms with van der Waals surface area (Å²) < 4.78 is 41.1. The van der Waals surface area contributed by atoms with Crippen molar-refractivity contribution in [2.75, 3.05) is 26.4 Å². The molecule has 0 bridgehead atoms. The van der Waals surface area contributed by atoms with Crippen molar-refractivity contribution in [1.82, 2.24) is 0 Å². The molecule has 12 aromatic carbocycles. The number of rotatable bonds is 32. The lowest BCUT2D eigenvalue weighted by Gasteiger charge is -2.23. The maximum atomic E-state index is 12.2.